The normalized spacial score (nSPS) is 15.2. The van der Waals surface area contributed by atoms with Crippen molar-refractivity contribution in [1.82, 2.24) is 5.16 Å². The summed E-state index contributed by atoms with van der Waals surface area (Å²) in [5.74, 6) is 1.88. The van der Waals surface area contributed by atoms with Crippen LogP contribution >= 0.6 is 23.2 Å². The van der Waals surface area contributed by atoms with Crippen LogP contribution in [0.25, 0.3) is 11.3 Å². The zero-order chi connectivity index (χ0) is 13.6. The van der Waals surface area contributed by atoms with Gasteiger partial charge in [-0.25, -0.2) is 0 Å². The van der Waals surface area contributed by atoms with Gasteiger partial charge in [-0.3, -0.25) is 0 Å². The Labute approximate surface area is 122 Å². The highest BCUT2D eigenvalue weighted by Gasteiger charge is 2.34. The van der Waals surface area contributed by atoms with Crippen LogP contribution < -0.4 is 0 Å². The maximum absolute atomic E-state index is 6.28. The van der Waals surface area contributed by atoms with Crippen molar-refractivity contribution in [2.75, 3.05) is 0 Å². The Kier molecular flexibility index (Phi) is 3.32. The minimum atomic E-state index is 0.337. The van der Waals surface area contributed by atoms with Gasteiger partial charge >= 0.3 is 0 Å². The SMILES string of the molecule is CC(C)c1c(-c2c(Cl)cccc2Cl)noc1C1CC1. The van der Waals surface area contributed by atoms with Crippen LogP contribution in [0.2, 0.25) is 10.0 Å². The number of hydrogen-bond donors (Lipinski definition) is 0. The first kappa shape index (κ1) is 13.0. The Hall–Kier alpha value is -0.990. The summed E-state index contributed by atoms with van der Waals surface area (Å²) in [6, 6.07) is 5.50. The quantitative estimate of drug-likeness (QED) is 0.731. The Morgan fingerprint density at radius 2 is 1.84 bits per heavy atom. The number of nitrogens with zero attached hydrogens (tertiary/aromatic N) is 1. The molecule has 1 aliphatic rings. The molecule has 1 aromatic heterocycles. The lowest BCUT2D eigenvalue weighted by Gasteiger charge is -2.09. The van der Waals surface area contributed by atoms with Crippen LogP contribution in [-0.4, -0.2) is 5.16 Å². The van der Waals surface area contributed by atoms with E-state index in [2.05, 4.69) is 19.0 Å². The molecular weight excluding hydrogens is 281 g/mol. The molecule has 0 unspecified atom stereocenters. The molecular formula is C15H15Cl2NO. The van der Waals surface area contributed by atoms with Crippen molar-refractivity contribution in [1.29, 1.82) is 0 Å². The molecule has 1 fully saturated rings. The zero-order valence-electron chi connectivity index (χ0n) is 10.9. The number of benzene rings is 1. The van der Waals surface area contributed by atoms with E-state index in [1.54, 1.807) is 0 Å². The Morgan fingerprint density at radius 1 is 1.21 bits per heavy atom. The van der Waals surface area contributed by atoms with Gasteiger partial charge < -0.3 is 4.52 Å². The molecule has 1 heterocycles. The fraction of sp³-hybridized carbons (Fsp3) is 0.400. The lowest BCUT2D eigenvalue weighted by atomic mass is 9.95. The summed E-state index contributed by atoms with van der Waals surface area (Å²) < 4.78 is 5.58. The molecule has 0 spiro atoms. The third kappa shape index (κ3) is 2.28. The summed E-state index contributed by atoms with van der Waals surface area (Å²) in [5.41, 5.74) is 2.73. The average molecular weight is 296 g/mol. The molecule has 1 saturated carbocycles. The molecule has 1 aromatic carbocycles. The summed E-state index contributed by atoms with van der Waals surface area (Å²) in [7, 11) is 0. The van der Waals surface area contributed by atoms with E-state index in [0.29, 0.717) is 21.9 Å². The van der Waals surface area contributed by atoms with Crippen LogP contribution in [0.3, 0.4) is 0 Å². The summed E-state index contributed by atoms with van der Waals surface area (Å²) >= 11 is 12.6. The van der Waals surface area contributed by atoms with Gasteiger partial charge in [0.15, 0.2) is 0 Å². The highest BCUT2D eigenvalue weighted by molar-refractivity contribution is 6.39. The van der Waals surface area contributed by atoms with Gasteiger partial charge in [-0.2, -0.15) is 0 Å². The first-order chi connectivity index (χ1) is 9.09. The summed E-state index contributed by atoms with van der Waals surface area (Å²) in [6.07, 6.45) is 2.37. The van der Waals surface area contributed by atoms with Crippen molar-refractivity contribution in [2.45, 2.75) is 38.5 Å². The molecule has 0 aliphatic heterocycles. The van der Waals surface area contributed by atoms with Gasteiger partial charge in [-0.1, -0.05) is 48.3 Å². The Bertz CT molecular complexity index is 594. The van der Waals surface area contributed by atoms with Gasteiger partial charge in [0.25, 0.3) is 0 Å². The smallest absolute Gasteiger partial charge is 0.143 e. The van der Waals surface area contributed by atoms with E-state index in [1.165, 1.54) is 12.8 Å². The molecule has 2 nitrogen and oxygen atoms in total. The molecule has 0 amide bonds. The predicted octanol–water partition coefficient (Wildman–Crippen LogP) is 5.65. The fourth-order valence-electron chi connectivity index (χ4n) is 2.41. The average Bonchev–Trinajstić information content (AvgIpc) is 3.09. The highest BCUT2D eigenvalue weighted by Crippen LogP contribution is 2.47. The molecule has 100 valence electrons. The molecule has 0 saturated heterocycles. The second-order valence-electron chi connectivity index (χ2n) is 5.33. The molecule has 4 heteroatoms. The molecule has 1 aliphatic carbocycles. The van der Waals surface area contributed by atoms with Crippen molar-refractivity contribution in [3.63, 3.8) is 0 Å². The molecule has 2 aromatic rings. The van der Waals surface area contributed by atoms with E-state index in [4.69, 9.17) is 27.7 Å². The zero-order valence-corrected chi connectivity index (χ0v) is 12.4. The van der Waals surface area contributed by atoms with Gasteiger partial charge in [0.2, 0.25) is 0 Å². The van der Waals surface area contributed by atoms with E-state index in [1.807, 2.05) is 18.2 Å². The molecule has 0 bridgehead atoms. The monoisotopic (exact) mass is 295 g/mol. The van der Waals surface area contributed by atoms with Gasteiger partial charge in [-0.15, -0.1) is 0 Å². The number of aromatic nitrogens is 1. The van der Waals surface area contributed by atoms with Crippen LogP contribution in [0.4, 0.5) is 0 Å². The fourth-order valence-corrected chi connectivity index (χ4v) is 2.99. The Balaban J connectivity index is 2.20. The van der Waals surface area contributed by atoms with Crippen molar-refractivity contribution in [2.24, 2.45) is 0 Å². The van der Waals surface area contributed by atoms with E-state index >= 15 is 0 Å². The number of hydrogen-bond acceptors (Lipinski definition) is 2. The van der Waals surface area contributed by atoms with Crippen molar-refractivity contribution in [3.05, 3.63) is 39.6 Å². The maximum atomic E-state index is 6.28. The minimum Gasteiger partial charge on any atom is -0.360 e. The number of rotatable bonds is 3. The van der Waals surface area contributed by atoms with Gasteiger partial charge in [0.05, 0.1) is 10.0 Å². The molecule has 3 rings (SSSR count). The second kappa shape index (κ2) is 4.84. The first-order valence-corrected chi connectivity index (χ1v) is 7.29. The van der Waals surface area contributed by atoms with Crippen molar-refractivity contribution < 1.29 is 4.52 Å². The predicted molar refractivity (Wildman–Crippen MR) is 78.0 cm³/mol. The summed E-state index contributed by atoms with van der Waals surface area (Å²) in [4.78, 5) is 0. The molecule has 0 atom stereocenters. The third-order valence-electron chi connectivity index (χ3n) is 3.48. The maximum Gasteiger partial charge on any atom is 0.143 e. The van der Waals surface area contributed by atoms with Crippen LogP contribution in [-0.2, 0) is 0 Å². The van der Waals surface area contributed by atoms with Gasteiger partial charge in [-0.05, 0) is 30.9 Å². The van der Waals surface area contributed by atoms with Crippen molar-refractivity contribution in [3.8, 4) is 11.3 Å². The largest absolute Gasteiger partial charge is 0.360 e. The third-order valence-corrected chi connectivity index (χ3v) is 4.11. The summed E-state index contributed by atoms with van der Waals surface area (Å²) in [5, 5.41) is 5.48. The minimum absolute atomic E-state index is 0.337. The molecule has 19 heavy (non-hydrogen) atoms. The van der Waals surface area contributed by atoms with Crippen molar-refractivity contribution >= 4 is 23.2 Å². The van der Waals surface area contributed by atoms with E-state index in [0.717, 1.165) is 22.6 Å². The van der Waals surface area contributed by atoms with E-state index < -0.39 is 0 Å². The summed E-state index contributed by atoms with van der Waals surface area (Å²) in [6.45, 7) is 4.29. The Morgan fingerprint density at radius 3 is 2.37 bits per heavy atom. The topological polar surface area (TPSA) is 26.0 Å². The van der Waals surface area contributed by atoms with Gasteiger partial charge in [0.1, 0.15) is 11.5 Å². The number of halogens is 2. The van der Waals surface area contributed by atoms with Gasteiger partial charge in [0, 0.05) is 17.0 Å². The van der Waals surface area contributed by atoms with E-state index in [-0.39, 0.29) is 0 Å². The van der Waals surface area contributed by atoms with Crippen LogP contribution in [0.1, 0.15) is 49.8 Å². The lowest BCUT2D eigenvalue weighted by molar-refractivity contribution is 0.384. The first-order valence-electron chi connectivity index (χ1n) is 6.53. The standard InChI is InChI=1S/C15H15Cl2NO/c1-8(2)12-14(18-19-15(12)9-6-7-9)13-10(16)4-3-5-11(13)17/h3-5,8-9H,6-7H2,1-2H3. The van der Waals surface area contributed by atoms with Crippen LogP contribution in [0, 0.1) is 0 Å². The van der Waals surface area contributed by atoms with Crippen LogP contribution in [0.15, 0.2) is 22.7 Å². The van der Waals surface area contributed by atoms with Crippen LogP contribution in [0.5, 0.6) is 0 Å². The second-order valence-corrected chi connectivity index (χ2v) is 6.15. The van der Waals surface area contributed by atoms with E-state index in [9.17, 15) is 0 Å². The molecule has 0 N–H and O–H groups in total. The lowest BCUT2D eigenvalue weighted by Crippen LogP contribution is -1.94. The highest BCUT2D eigenvalue weighted by atomic mass is 35.5. The molecule has 0 radical (unpaired) electrons.